The first-order chi connectivity index (χ1) is 11.0. The summed E-state index contributed by atoms with van der Waals surface area (Å²) >= 11 is 1.58. The van der Waals surface area contributed by atoms with E-state index in [-0.39, 0.29) is 17.8 Å². The Bertz CT molecular complexity index is 670. The minimum absolute atomic E-state index is 0.150. The first-order valence-corrected chi connectivity index (χ1v) is 8.41. The third kappa shape index (κ3) is 3.44. The monoisotopic (exact) mass is 334 g/mol. The predicted octanol–water partition coefficient (Wildman–Crippen LogP) is 2.47. The fraction of sp³-hybridized carbons (Fsp3) is 0.353. The molecule has 6 heteroatoms. The van der Waals surface area contributed by atoms with E-state index in [2.05, 4.69) is 10.6 Å². The van der Waals surface area contributed by atoms with Crippen LogP contribution in [0.2, 0.25) is 0 Å². The van der Waals surface area contributed by atoms with E-state index in [4.69, 9.17) is 0 Å². The van der Waals surface area contributed by atoms with Crippen molar-refractivity contribution in [3.8, 4) is 0 Å². The van der Waals surface area contributed by atoms with Crippen molar-refractivity contribution in [2.75, 3.05) is 6.54 Å². The highest BCUT2D eigenvalue weighted by Gasteiger charge is 2.42. The Morgan fingerprint density at radius 3 is 2.78 bits per heavy atom. The minimum Gasteiger partial charge on any atom is -0.388 e. The number of amides is 1. The number of aliphatic hydroxyl groups is 1. The summed E-state index contributed by atoms with van der Waals surface area (Å²) in [6.45, 7) is 2.42. The average Bonchev–Trinajstić information content (AvgIpc) is 3.03. The van der Waals surface area contributed by atoms with E-state index in [1.54, 1.807) is 18.3 Å². The van der Waals surface area contributed by atoms with Crippen LogP contribution in [0.5, 0.6) is 0 Å². The number of nitrogens with one attached hydrogen (secondary N) is 2. The minimum atomic E-state index is -1.02. The molecule has 0 saturated carbocycles. The lowest BCUT2D eigenvalue weighted by Gasteiger charge is -2.43. The van der Waals surface area contributed by atoms with Gasteiger partial charge in [-0.2, -0.15) is 0 Å². The molecule has 122 valence electrons. The predicted molar refractivity (Wildman–Crippen MR) is 88.0 cm³/mol. The fourth-order valence-corrected chi connectivity index (χ4v) is 3.75. The van der Waals surface area contributed by atoms with Gasteiger partial charge in [0.2, 0.25) is 0 Å². The zero-order valence-electron chi connectivity index (χ0n) is 12.8. The van der Waals surface area contributed by atoms with Gasteiger partial charge in [-0.15, -0.1) is 11.3 Å². The smallest absolute Gasteiger partial charge is 0.251 e. The maximum atomic E-state index is 13.0. The lowest BCUT2D eigenvalue weighted by molar-refractivity contribution is -0.0189. The molecule has 0 radical (unpaired) electrons. The van der Waals surface area contributed by atoms with Crippen molar-refractivity contribution in [3.05, 3.63) is 58.0 Å². The molecular formula is C17H19FN2O2S. The third-order valence-electron chi connectivity index (χ3n) is 4.24. The van der Waals surface area contributed by atoms with Crippen LogP contribution >= 0.6 is 11.3 Å². The molecule has 2 aromatic rings. The first kappa shape index (κ1) is 16.1. The summed E-state index contributed by atoms with van der Waals surface area (Å²) in [4.78, 5) is 13.5. The zero-order valence-corrected chi connectivity index (χ0v) is 13.6. The summed E-state index contributed by atoms with van der Waals surface area (Å²) in [6, 6.07) is 8.71. The molecule has 3 unspecified atom stereocenters. The van der Waals surface area contributed by atoms with Crippen molar-refractivity contribution < 1.29 is 14.3 Å². The van der Waals surface area contributed by atoms with Crippen molar-refractivity contribution in [3.63, 3.8) is 0 Å². The highest BCUT2D eigenvalue weighted by Crippen LogP contribution is 2.33. The number of thiophene rings is 1. The van der Waals surface area contributed by atoms with Crippen molar-refractivity contribution in [2.24, 2.45) is 0 Å². The van der Waals surface area contributed by atoms with E-state index in [0.717, 1.165) is 4.88 Å². The maximum absolute atomic E-state index is 13.0. The van der Waals surface area contributed by atoms with E-state index in [1.807, 2.05) is 17.5 Å². The molecule has 1 aromatic carbocycles. The molecule has 4 nitrogen and oxygen atoms in total. The van der Waals surface area contributed by atoms with Crippen molar-refractivity contribution in [2.45, 2.75) is 31.0 Å². The van der Waals surface area contributed by atoms with Crippen molar-refractivity contribution in [1.82, 2.24) is 10.6 Å². The summed E-state index contributed by atoms with van der Waals surface area (Å²) in [5, 5.41) is 19.0. The van der Waals surface area contributed by atoms with Gasteiger partial charge in [0.05, 0.1) is 17.7 Å². The largest absolute Gasteiger partial charge is 0.388 e. The van der Waals surface area contributed by atoms with Gasteiger partial charge in [0.25, 0.3) is 5.91 Å². The molecule has 1 saturated heterocycles. The first-order valence-electron chi connectivity index (χ1n) is 7.53. The maximum Gasteiger partial charge on any atom is 0.251 e. The molecule has 0 bridgehead atoms. The Balaban J connectivity index is 1.84. The second kappa shape index (κ2) is 6.39. The molecule has 1 fully saturated rings. The van der Waals surface area contributed by atoms with Crippen LogP contribution in [0.25, 0.3) is 0 Å². The molecule has 1 aliphatic rings. The van der Waals surface area contributed by atoms with Gasteiger partial charge in [0, 0.05) is 10.4 Å². The number of hydrogen-bond acceptors (Lipinski definition) is 4. The molecule has 2 heterocycles. The van der Waals surface area contributed by atoms with E-state index in [9.17, 15) is 14.3 Å². The molecule has 23 heavy (non-hydrogen) atoms. The molecule has 1 amide bonds. The van der Waals surface area contributed by atoms with Crippen LogP contribution in [0.3, 0.4) is 0 Å². The van der Waals surface area contributed by atoms with Gasteiger partial charge in [0.1, 0.15) is 5.82 Å². The number of benzene rings is 1. The van der Waals surface area contributed by atoms with Crippen LogP contribution in [0, 0.1) is 5.82 Å². The Kier molecular flexibility index (Phi) is 4.48. The Morgan fingerprint density at radius 2 is 2.13 bits per heavy atom. The standard InChI is InChI=1S/C17H19FN2O2S/c1-17(22)8-9-19-14(13-3-2-10-23-13)15(17)20-16(21)11-4-6-12(18)7-5-11/h2-7,10,14-15,19,22H,8-9H2,1H3,(H,20,21). The lowest BCUT2D eigenvalue weighted by Crippen LogP contribution is -2.61. The Labute approximate surface area is 138 Å². The number of piperidine rings is 1. The number of carbonyl (C=O) groups is 1. The van der Waals surface area contributed by atoms with Gasteiger partial charge in [-0.25, -0.2) is 4.39 Å². The van der Waals surface area contributed by atoms with Gasteiger partial charge in [0.15, 0.2) is 0 Å². The lowest BCUT2D eigenvalue weighted by atomic mass is 9.83. The van der Waals surface area contributed by atoms with Crippen LogP contribution < -0.4 is 10.6 Å². The number of hydrogen-bond donors (Lipinski definition) is 3. The molecule has 1 aromatic heterocycles. The molecule has 3 rings (SSSR count). The molecule has 0 aliphatic carbocycles. The highest BCUT2D eigenvalue weighted by molar-refractivity contribution is 7.10. The van der Waals surface area contributed by atoms with E-state index in [1.165, 1.54) is 24.3 Å². The molecular weight excluding hydrogens is 315 g/mol. The van der Waals surface area contributed by atoms with Gasteiger partial charge in [-0.3, -0.25) is 4.79 Å². The number of halogens is 1. The molecule has 0 spiro atoms. The normalized spacial score (nSPS) is 27.6. The van der Waals surface area contributed by atoms with Gasteiger partial charge >= 0.3 is 0 Å². The van der Waals surface area contributed by atoms with Crippen molar-refractivity contribution >= 4 is 17.2 Å². The molecule has 3 atom stereocenters. The van der Waals surface area contributed by atoms with Crippen LogP contribution in [0.1, 0.15) is 34.6 Å². The average molecular weight is 334 g/mol. The Hall–Kier alpha value is -1.76. The quantitative estimate of drug-likeness (QED) is 0.808. The Morgan fingerprint density at radius 1 is 1.39 bits per heavy atom. The summed E-state index contributed by atoms with van der Waals surface area (Å²) in [5.41, 5.74) is -0.645. The highest BCUT2D eigenvalue weighted by atomic mass is 32.1. The van der Waals surface area contributed by atoms with Crippen LogP contribution in [-0.4, -0.2) is 29.2 Å². The van der Waals surface area contributed by atoms with Gasteiger partial charge in [-0.1, -0.05) is 6.07 Å². The summed E-state index contributed by atoms with van der Waals surface area (Å²) < 4.78 is 13.0. The third-order valence-corrected chi connectivity index (χ3v) is 5.20. The van der Waals surface area contributed by atoms with Crippen LogP contribution in [0.4, 0.5) is 4.39 Å². The summed E-state index contributed by atoms with van der Waals surface area (Å²) in [6.07, 6.45) is 0.545. The topological polar surface area (TPSA) is 61.4 Å². The fourth-order valence-electron chi connectivity index (χ4n) is 2.91. The summed E-state index contributed by atoms with van der Waals surface area (Å²) in [7, 11) is 0. The van der Waals surface area contributed by atoms with Crippen LogP contribution in [0.15, 0.2) is 41.8 Å². The van der Waals surface area contributed by atoms with E-state index >= 15 is 0 Å². The second-order valence-electron chi connectivity index (χ2n) is 6.01. The zero-order chi connectivity index (χ0) is 16.4. The molecule has 3 N–H and O–H groups in total. The van der Waals surface area contributed by atoms with Gasteiger partial charge in [-0.05, 0) is 55.6 Å². The number of carbonyl (C=O) groups excluding carboxylic acids is 1. The summed E-state index contributed by atoms with van der Waals surface area (Å²) in [5.74, 6) is -0.704. The van der Waals surface area contributed by atoms with Crippen LogP contribution in [-0.2, 0) is 0 Å². The van der Waals surface area contributed by atoms with Gasteiger partial charge < -0.3 is 15.7 Å². The van der Waals surface area contributed by atoms with E-state index in [0.29, 0.717) is 18.5 Å². The SMILES string of the molecule is CC1(O)CCNC(c2cccs2)C1NC(=O)c1ccc(F)cc1. The van der Waals surface area contributed by atoms with E-state index < -0.39 is 11.6 Å². The number of rotatable bonds is 3. The van der Waals surface area contributed by atoms with Crippen molar-refractivity contribution in [1.29, 1.82) is 0 Å². The molecule has 1 aliphatic heterocycles. The second-order valence-corrected chi connectivity index (χ2v) is 6.99.